The van der Waals surface area contributed by atoms with Crippen LogP contribution in [0, 0.1) is 6.92 Å². The standard InChI is InChI=1S/C18H20N2O2/c1-11-9-15-12(2)22-16-10-13(20-7-3-4-8-20)5-6-14(16)17(15)19-18(11)21/h5-6,9-10,12H,3-4,7-8H2,1-2H3,(H,19,21). The first-order chi connectivity index (χ1) is 10.6. The van der Waals surface area contributed by atoms with E-state index in [1.807, 2.05) is 19.9 Å². The largest absolute Gasteiger partial charge is 0.485 e. The molecule has 4 rings (SSSR count). The van der Waals surface area contributed by atoms with Crippen molar-refractivity contribution in [1.82, 2.24) is 4.98 Å². The van der Waals surface area contributed by atoms with Crippen LogP contribution in [-0.4, -0.2) is 18.1 Å². The molecule has 0 spiro atoms. The lowest BCUT2D eigenvalue weighted by atomic mass is 9.97. The highest BCUT2D eigenvalue weighted by atomic mass is 16.5. The third kappa shape index (κ3) is 2.02. The van der Waals surface area contributed by atoms with Crippen LogP contribution in [-0.2, 0) is 0 Å². The average molecular weight is 296 g/mol. The quantitative estimate of drug-likeness (QED) is 0.877. The molecule has 2 aliphatic rings. The number of fused-ring (bicyclic) bond motifs is 3. The van der Waals surface area contributed by atoms with Crippen molar-refractivity contribution in [3.63, 3.8) is 0 Å². The Balaban J connectivity index is 1.84. The molecule has 0 amide bonds. The predicted octanol–water partition coefficient (Wildman–Crippen LogP) is 3.40. The van der Waals surface area contributed by atoms with Gasteiger partial charge in [-0.1, -0.05) is 0 Å². The molecule has 114 valence electrons. The van der Waals surface area contributed by atoms with Gasteiger partial charge in [0.05, 0.1) is 5.69 Å². The Morgan fingerprint density at radius 3 is 2.77 bits per heavy atom. The topological polar surface area (TPSA) is 45.3 Å². The first-order valence-corrected chi connectivity index (χ1v) is 7.93. The number of aromatic amines is 1. The minimum atomic E-state index is -0.0492. The van der Waals surface area contributed by atoms with Crippen molar-refractivity contribution in [2.75, 3.05) is 18.0 Å². The molecular formula is C18H20N2O2. The van der Waals surface area contributed by atoms with Crippen LogP contribution in [0.2, 0.25) is 0 Å². The second kappa shape index (κ2) is 4.90. The second-order valence-corrected chi connectivity index (χ2v) is 6.25. The van der Waals surface area contributed by atoms with Gasteiger partial charge in [0.1, 0.15) is 11.9 Å². The summed E-state index contributed by atoms with van der Waals surface area (Å²) < 4.78 is 6.10. The van der Waals surface area contributed by atoms with Crippen LogP contribution in [0.3, 0.4) is 0 Å². The van der Waals surface area contributed by atoms with Gasteiger partial charge in [-0.15, -0.1) is 0 Å². The van der Waals surface area contributed by atoms with Crippen LogP contribution in [0.5, 0.6) is 5.75 Å². The summed E-state index contributed by atoms with van der Waals surface area (Å²) in [6, 6.07) is 8.25. The van der Waals surface area contributed by atoms with Gasteiger partial charge >= 0.3 is 0 Å². The number of anilines is 1. The smallest absolute Gasteiger partial charge is 0.251 e. The summed E-state index contributed by atoms with van der Waals surface area (Å²) in [7, 11) is 0. The van der Waals surface area contributed by atoms with E-state index < -0.39 is 0 Å². The van der Waals surface area contributed by atoms with Gasteiger partial charge in [-0.05, 0) is 44.9 Å². The van der Waals surface area contributed by atoms with E-state index in [-0.39, 0.29) is 11.7 Å². The van der Waals surface area contributed by atoms with Gasteiger partial charge in [0.2, 0.25) is 0 Å². The molecule has 2 aromatic rings. The number of H-pyrrole nitrogens is 1. The SMILES string of the molecule is Cc1cc2c([nH]c1=O)-c1ccc(N3CCCC3)cc1OC2C. The zero-order valence-corrected chi connectivity index (χ0v) is 13.0. The Morgan fingerprint density at radius 1 is 1.23 bits per heavy atom. The number of nitrogens with one attached hydrogen (secondary N) is 1. The molecule has 1 saturated heterocycles. The van der Waals surface area contributed by atoms with E-state index in [2.05, 4.69) is 28.1 Å². The van der Waals surface area contributed by atoms with Crippen molar-refractivity contribution in [1.29, 1.82) is 0 Å². The molecule has 2 aliphatic heterocycles. The number of ether oxygens (including phenoxy) is 1. The summed E-state index contributed by atoms with van der Waals surface area (Å²) >= 11 is 0. The van der Waals surface area contributed by atoms with Crippen LogP contribution in [0.4, 0.5) is 5.69 Å². The van der Waals surface area contributed by atoms with Gasteiger partial charge in [-0.25, -0.2) is 0 Å². The Kier molecular flexibility index (Phi) is 2.99. The van der Waals surface area contributed by atoms with E-state index >= 15 is 0 Å². The van der Waals surface area contributed by atoms with Crippen LogP contribution in [0.1, 0.15) is 37.0 Å². The van der Waals surface area contributed by atoms with Crippen molar-refractivity contribution in [2.24, 2.45) is 0 Å². The van der Waals surface area contributed by atoms with Crippen LogP contribution in [0.25, 0.3) is 11.3 Å². The Bertz CT molecular complexity index is 788. The maximum Gasteiger partial charge on any atom is 0.251 e. The summed E-state index contributed by atoms with van der Waals surface area (Å²) in [4.78, 5) is 17.4. The van der Waals surface area contributed by atoms with Gasteiger partial charge in [-0.3, -0.25) is 4.79 Å². The number of hydrogen-bond donors (Lipinski definition) is 1. The molecular weight excluding hydrogens is 276 g/mol. The molecule has 1 N–H and O–H groups in total. The molecule has 22 heavy (non-hydrogen) atoms. The molecule has 4 nitrogen and oxygen atoms in total. The predicted molar refractivity (Wildman–Crippen MR) is 87.7 cm³/mol. The van der Waals surface area contributed by atoms with Crippen molar-refractivity contribution < 1.29 is 4.74 Å². The minimum absolute atomic E-state index is 0.0255. The molecule has 0 bridgehead atoms. The average Bonchev–Trinajstić information content (AvgIpc) is 3.03. The highest BCUT2D eigenvalue weighted by molar-refractivity contribution is 5.75. The lowest BCUT2D eigenvalue weighted by Crippen LogP contribution is -2.20. The molecule has 1 aromatic carbocycles. The lowest BCUT2D eigenvalue weighted by molar-refractivity contribution is 0.222. The number of benzene rings is 1. The number of rotatable bonds is 1. The van der Waals surface area contributed by atoms with E-state index in [0.717, 1.165) is 41.2 Å². The lowest BCUT2D eigenvalue weighted by Gasteiger charge is -2.28. The molecule has 1 atom stereocenters. The summed E-state index contributed by atoms with van der Waals surface area (Å²) in [5, 5.41) is 0. The minimum Gasteiger partial charge on any atom is -0.485 e. The van der Waals surface area contributed by atoms with E-state index in [1.54, 1.807) is 0 Å². The maximum absolute atomic E-state index is 12.0. The normalized spacial score (nSPS) is 19.5. The maximum atomic E-state index is 12.0. The second-order valence-electron chi connectivity index (χ2n) is 6.25. The Labute approximate surface area is 129 Å². The molecule has 3 heterocycles. The number of aryl methyl sites for hydroxylation is 1. The highest BCUT2D eigenvalue weighted by Crippen LogP contribution is 2.42. The Morgan fingerprint density at radius 2 is 2.00 bits per heavy atom. The molecule has 0 aliphatic carbocycles. The third-order valence-corrected chi connectivity index (χ3v) is 4.70. The molecule has 0 saturated carbocycles. The van der Waals surface area contributed by atoms with E-state index in [0.29, 0.717) is 0 Å². The van der Waals surface area contributed by atoms with Crippen molar-refractivity contribution in [3.05, 3.63) is 45.7 Å². The molecule has 1 unspecified atom stereocenters. The number of nitrogens with zero attached hydrogens (tertiary/aromatic N) is 1. The van der Waals surface area contributed by atoms with Gasteiger partial charge in [-0.2, -0.15) is 0 Å². The van der Waals surface area contributed by atoms with E-state index in [4.69, 9.17) is 4.74 Å². The van der Waals surface area contributed by atoms with Gasteiger partial charge in [0.15, 0.2) is 0 Å². The van der Waals surface area contributed by atoms with Crippen LogP contribution < -0.4 is 15.2 Å². The third-order valence-electron chi connectivity index (χ3n) is 4.70. The van der Waals surface area contributed by atoms with Crippen molar-refractivity contribution in [2.45, 2.75) is 32.8 Å². The number of pyridine rings is 1. The fraction of sp³-hybridized carbons (Fsp3) is 0.389. The summed E-state index contributed by atoms with van der Waals surface area (Å²) in [6.07, 6.45) is 2.46. The summed E-state index contributed by atoms with van der Waals surface area (Å²) in [5.74, 6) is 0.865. The Hall–Kier alpha value is -2.23. The number of aromatic nitrogens is 1. The van der Waals surface area contributed by atoms with Gasteiger partial charge in [0.25, 0.3) is 5.56 Å². The van der Waals surface area contributed by atoms with Crippen molar-refractivity contribution >= 4 is 5.69 Å². The zero-order chi connectivity index (χ0) is 15.3. The fourth-order valence-corrected chi connectivity index (χ4v) is 3.44. The van der Waals surface area contributed by atoms with E-state index in [9.17, 15) is 4.79 Å². The first kappa shape index (κ1) is 13.4. The monoisotopic (exact) mass is 296 g/mol. The molecule has 1 aromatic heterocycles. The van der Waals surface area contributed by atoms with E-state index in [1.165, 1.54) is 18.5 Å². The summed E-state index contributed by atoms with van der Waals surface area (Å²) in [5.41, 5.74) is 4.85. The van der Waals surface area contributed by atoms with Crippen LogP contribution in [0.15, 0.2) is 29.1 Å². The van der Waals surface area contributed by atoms with Crippen LogP contribution >= 0.6 is 0 Å². The summed E-state index contributed by atoms with van der Waals surface area (Å²) in [6.45, 7) is 6.09. The molecule has 4 heteroatoms. The fourth-order valence-electron chi connectivity index (χ4n) is 3.44. The zero-order valence-electron chi connectivity index (χ0n) is 13.0. The molecule has 1 fully saturated rings. The van der Waals surface area contributed by atoms with Crippen molar-refractivity contribution in [3.8, 4) is 17.0 Å². The van der Waals surface area contributed by atoms with Gasteiger partial charge < -0.3 is 14.6 Å². The highest BCUT2D eigenvalue weighted by Gasteiger charge is 2.25. The number of hydrogen-bond acceptors (Lipinski definition) is 3. The first-order valence-electron chi connectivity index (χ1n) is 7.93. The molecule has 0 radical (unpaired) electrons. The van der Waals surface area contributed by atoms with Gasteiger partial charge in [0, 0.05) is 41.5 Å².